The van der Waals surface area contributed by atoms with Crippen molar-refractivity contribution < 1.29 is 4.92 Å². The van der Waals surface area contributed by atoms with Crippen molar-refractivity contribution in [3.63, 3.8) is 0 Å². The molecule has 7 nitrogen and oxygen atoms in total. The third-order valence-corrected chi connectivity index (χ3v) is 2.79. The highest BCUT2D eigenvalue weighted by atomic mass is 16.6. The monoisotopic (exact) mass is 267 g/mol. The van der Waals surface area contributed by atoms with Crippen LogP contribution in [0.2, 0.25) is 0 Å². The van der Waals surface area contributed by atoms with Gasteiger partial charge in [-0.25, -0.2) is 4.98 Å². The third-order valence-electron chi connectivity index (χ3n) is 2.79. The first-order valence-electron chi connectivity index (χ1n) is 6.45. The molecule has 1 rings (SSSR count). The minimum absolute atomic E-state index is 0.226. The molecule has 19 heavy (non-hydrogen) atoms. The van der Waals surface area contributed by atoms with E-state index in [1.807, 2.05) is 15.7 Å². The van der Waals surface area contributed by atoms with Crippen LogP contribution in [0.4, 0.5) is 0 Å². The fourth-order valence-electron chi connectivity index (χ4n) is 1.77. The van der Waals surface area contributed by atoms with Crippen LogP contribution in [-0.4, -0.2) is 32.5 Å². The van der Waals surface area contributed by atoms with Crippen molar-refractivity contribution >= 4 is 0 Å². The largest absolute Gasteiger partial charge is 0.380 e. The summed E-state index contributed by atoms with van der Waals surface area (Å²) in [6.07, 6.45) is 9.12. The van der Waals surface area contributed by atoms with Gasteiger partial charge in [-0.15, -0.1) is 0 Å². The molecule has 106 valence electrons. The average Bonchev–Trinajstić information content (AvgIpc) is 2.85. The number of nitrogens with zero attached hydrogens (tertiary/aromatic N) is 4. The summed E-state index contributed by atoms with van der Waals surface area (Å²) in [5.74, 6) is 0.226. The van der Waals surface area contributed by atoms with Gasteiger partial charge in [-0.05, 0) is 12.8 Å². The zero-order valence-electron chi connectivity index (χ0n) is 11.2. The van der Waals surface area contributed by atoms with Crippen LogP contribution < -0.4 is 5.73 Å². The molecule has 0 aliphatic rings. The van der Waals surface area contributed by atoms with Gasteiger partial charge in [0.1, 0.15) is 0 Å². The molecule has 0 saturated carbocycles. The number of nitrogens with two attached hydrogens (primary N) is 1. The number of imidazole rings is 1. The molecule has 1 heterocycles. The van der Waals surface area contributed by atoms with E-state index in [1.165, 1.54) is 0 Å². The molecule has 0 aromatic carbocycles. The first kappa shape index (κ1) is 15.0. The van der Waals surface area contributed by atoms with E-state index < -0.39 is 4.92 Å². The van der Waals surface area contributed by atoms with Crippen LogP contribution in [0.1, 0.15) is 26.2 Å². The van der Waals surface area contributed by atoms with E-state index in [0.717, 1.165) is 38.6 Å². The van der Waals surface area contributed by atoms with Gasteiger partial charge in [0, 0.05) is 32.0 Å². The fourth-order valence-corrected chi connectivity index (χ4v) is 1.77. The van der Waals surface area contributed by atoms with Gasteiger partial charge in [-0.1, -0.05) is 13.3 Å². The van der Waals surface area contributed by atoms with Gasteiger partial charge in [0.15, 0.2) is 5.82 Å². The number of nitro groups is 1. The summed E-state index contributed by atoms with van der Waals surface area (Å²) in [4.78, 5) is 15.8. The van der Waals surface area contributed by atoms with Crippen LogP contribution in [0.15, 0.2) is 30.7 Å². The maximum absolute atomic E-state index is 10.5. The number of rotatable bonds is 9. The molecule has 0 unspecified atom stereocenters. The fraction of sp³-hybridized carbons (Fsp3) is 0.583. The van der Waals surface area contributed by atoms with Gasteiger partial charge in [0.05, 0.1) is 11.3 Å². The van der Waals surface area contributed by atoms with Crippen molar-refractivity contribution in [3.8, 4) is 0 Å². The molecular formula is C12H21N5O2. The Morgan fingerprint density at radius 2 is 2.26 bits per heavy atom. The molecule has 0 atom stereocenters. The second-order valence-electron chi connectivity index (χ2n) is 4.33. The number of hydrogen-bond donors (Lipinski definition) is 1. The lowest BCUT2D eigenvalue weighted by Crippen LogP contribution is -2.31. The van der Waals surface area contributed by atoms with Gasteiger partial charge in [0.25, 0.3) is 6.20 Å². The molecule has 0 aliphatic carbocycles. The van der Waals surface area contributed by atoms with E-state index in [4.69, 9.17) is 5.73 Å². The Morgan fingerprint density at radius 3 is 2.84 bits per heavy atom. The molecule has 0 spiro atoms. The van der Waals surface area contributed by atoms with Crippen molar-refractivity contribution in [2.45, 2.75) is 32.7 Å². The predicted molar refractivity (Wildman–Crippen MR) is 72.6 cm³/mol. The van der Waals surface area contributed by atoms with E-state index >= 15 is 0 Å². The number of hydrogen-bond acceptors (Lipinski definition) is 5. The summed E-state index contributed by atoms with van der Waals surface area (Å²) in [7, 11) is 0. The first-order chi connectivity index (χ1) is 9.13. The summed E-state index contributed by atoms with van der Waals surface area (Å²) in [5, 5.41) is 10.5. The van der Waals surface area contributed by atoms with Gasteiger partial charge in [-0.2, -0.15) is 0 Å². The number of aryl methyl sites for hydroxylation is 1. The van der Waals surface area contributed by atoms with Gasteiger partial charge in [0.2, 0.25) is 0 Å². The van der Waals surface area contributed by atoms with Crippen molar-refractivity contribution in [1.82, 2.24) is 14.5 Å². The second-order valence-corrected chi connectivity index (χ2v) is 4.33. The van der Waals surface area contributed by atoms with Crippen LogP contribution in [0.5, 0.6) is 0 Å². The molecule has 0 bridgehead atoms. The number of aromatic nitrogens is 2. The molecular weight excluding hydrogens is 246 g/mol. The van der Waals surface area contributed by atoms with Crippen molar-refractivity contribution in [3.05, 3.63) is 40.9 Å². The lowest BCUT2D eigenvalue weighted by atomic mass is 10.3. The molecule has 1 aromatic heterocycles. The van der Waals surface area contributed by atoms with Gasteiger partial charge >= 0.3 is 0 Å². The van der Waals surface area contributed by atoms with E-state index in [-0.39, 0.29) is 5.82 Å². The Hall–Kier alpha value is -2.05. The van der Waals surface area contributed by atoms with Crippen LogP contribution in [-0.2, 0) is 6.54 Å². The maximum atomic E-state index is 10.5. The number of unbranched alkanes of at least 4 members (excludes halogenated alkanes) is 1. The normalized spacial score (nSPS) is 11.5. The van der Waals surface area contributed by atoms with Crippen molar-refractivity contribution in [1.29, 1.82) is 0 Å². The third kappa shape index (κ3) is 5.89. The average molecular weight is 267 g/mol. The Morgan fingerprint density at radius 1 is 1.53 bits per heavy atom. The minimum Gasteiger partial charge on any atom is -0.380 e. The highest BCUT2D eigenvalue weighted by Gasteiger charge is 2.09. The molecule has 0 radical (unpaired) electrons. The van der Waals surface area contributed by atoms with E-state index in [9.17, 15) is 10.1 Å². The SMILES string of the molecule is CCCCN(CCCn1ccnc1)/C(N)=C/[N+](=O)[O-]. The molecule has 0 aliphatic heterocycles. The molecule has 2 N–H and O–H groups in total. The summed E-state index contributed by atoms with van der Waals surface area (Å²) in [6.45, 7) is 4.36. The molecule has 1 aromatic rings. The van der Waals surface area contributed by atoms with Gasteiger partial charge < -0.3 is 15.2 Å². The summed E-state index contributed by atoms with van der Waals surface area (Å²) in [6, 6.07) is 0. The Balaban J connectivity index is 2.46. The lowest BCUT2D eigenvalue weighted by molar-refractivity contribution is -0.404. The van der Waals surface area contributed by atoms with E-state index in [2.05, 4.69) is 11.9 Å². The molecule has 0 amide bonds. The smallest absolute Gasteiger partial charge is 0.274 e. The molecule has 0 saturated heterocycles. The lowest BCUT2D eigenvalue weighted by Gasteiger charge is -2.23. The van der Waals surface area contributed by atoms with Crippen LogP contribution in [0.3, 0.4) is 0 Å². The highest BCUT2D eigenvalue weighted by molar-refractivity contribution is 4.90. The van der Waals surface area contributed by atoms with Crippen molar-refractivity contribution in [2.24, 2.45) is 5.73 Å². The Bertz CT molecular complexity index is 402. The maximum Gasteiger partial charge on any atom is 0.274 e. The summed E-state index contributed by atoms with van der Waals surface area (Å²) in [5.41, 5.74) is 5.75. The topological polar surface area (TPSA) is 90.2 Å². The second kappa shape index (κ2) is 8.12. The minimum atomic E-state index is -0.510. The van der Waals surface area contributed by atoms with E-state index in [1.54, 1.807) is 12.5 Å². The van der Waals surface area contributed by atoms with Gasteiger partial charge in [-0.3, -0.25) is 10.1 Å². The zero-order valence-corrected chi connectivity index (χ0v) is 11.2. The van der Waals surface area contributed by atoms with Crippen molar-refractivity contribution in [2.75, 3.05) is 13.1 Å². The van der Waals surface area contributed by atoms with E-state index in [0.29, 0.717) is 6.54 Å². The highest BCUT2D eigenvalue weighted by Crippen LogP contribution is 2.04. The quantitative estimate of drug-likeness (QED) is 0.539. The standard InChI is InChI=1S/C12H21N5O2/c1-2-3-7-16(12(13)10-17(18)19)8-4-6-15-9-5-14-11-15/h5,9-11H,2-4,6-8,13H2,1H3/b12-10+. The van der Waals surface area contributed by atoms with Crippen LogP contribution in [0, 0.1) is 10.1 Å². The Labute approximate surface area is 112 Å². The zero-order chi connectivity index (χ0) is 14.1. The predicted octanol–water partition coefficient (Wildman–Crippen LogP) is 1.41. The van der Waals surface area contributed by atoms with Crippen LogP contribution in [0.25, 0.3) is 0 Å². The summed E-state index contributed by atoms with van der Waals surface area (Å²) < 4.78 is 1.98. The molecule has 0 fully saturated rings. The summed E-state index contributed by atoms with van der Waals surface area (Å²) >= 11 is 0. The molecule has 7 heteroatoms. The first-order valence-corrected chi connectivity index (χ1v) is 6.45. The Kier molecular flexibility index (Phi) is 6.42. The van der Waals surface area contributed by atoms with Crippen LogP contribution >= 0.6 is 0 Å².